The Kier molecular flexibility index (Phi) is 4.00. The molecule has 3 rings (SSSR count). The van der Waals surface area contributed by atoms with Crippen LogP contribution in [0, 0.1) is 27.7 Å². The molecule has 3 aromatic rings. The van der Waals surface area contributed by atoms with E-state index in [0.717, 1.165) is 22.6 Å². The zero-order valence-corrected chi connectivity index (χ0v) is 14.4. The summed E-state index contributed by atoms with van der Waals surface area (Å²) >= 11 is 1.35. The maximum Gasteiger partial charge on any atom is 0.267 e. The van der Waals surface area contributed by atoms with E-state index in [4.69, 9.17) is 0 Å². The first kappa shape index (κ1) is 15.4. The smallest absolute Gasteiger partial charge is 0.267 e. The Bertz CT molecular complexity index is 879. The van der Waals surface area contributed by atoms with Gasteiger partial charge in [0.1, 0.15) is 4.88 Å². The van der Waals surface area contributed by atoms with E-state index in [1.807, 2.05) is 58.0 Å². The lowest BCUT2D eigenvalue weighted by atomic mass is 10.2. The number of anilines is 1. The highest BCUT2D eigenvalue weighted by atomic mass is 32.1. The molecule has 0 aliphatic rings. The molecule has 1 N–H and O–H groups in total. The number of nitrogens with one attached hydrogen (secondary N) is 1. The van der Waals surface area contributed by atoms with E-state index in [9.17, 15) is 4.79 Å². The topological polar surface area (TPSA) is 59.8 Å². The Morgan fingerprint density at radius 1 is 1.17 bits per heavy atom. The summed E-state index contributed by atoms with van der Waals surface area (Å²) in [6.07, 6.45) is 0. The van der Waals surface area contributed by atoms with Gasteiger partial charge >= 0.3 is 0 Å². The minimum atomic E-state index is -0.140. The van der Waals surface area contributed by atoms with Crippen LogP contribution in [0.15, 0.2) is 30.3 Å². The van der Waals surface area contributed by atoms with E-state index in [1.165, 1.54) is 11.3 Å². The fraction of sp³-hybridized carbons (Fsp3) is 0.235. The average molecular weight is 326 g/mol. The van der Waals surface area contributed by atoms with Gasteiger partial charge in [-0.05, 0) is 51.5 Å². The number of carbonyl (C=O) groups is 1. The zero-order chi connectivity index (χ0) is 16.6. The van der Waals surface area contributed by atoms with Gasteiger partial charge in [0, 0.05) is 11.4 Å². The Morgan fingerprint density at radius 3 is 2.61 bits per heavy atom. The van der Waals surface area contributed by atoms with Gasteiger partial charge in [0.2, 0.25) is 5.13 Å². The summed E-state index contributed by atoms with van der Waals surface area (Å²) in [6.45, 7) is 7.75. The molecule has 118 valence electrons. The van der Waals surface area contributed by atoms with Crippen LogP contribution in [0.5, 0.6) is 0 Å². The van der Waals surface area contributed by atoms with Crippen molar-refractivity contribution < 1.29 is 4.79 Å². The molecular weight excluding hydrogens is 308 g/mol. The van der Waals surface area contributed by atoms with Crippen LogP contribution in [0.1, 0.15) is 32.3 Å². The van der Waals surface area contributed by atoms with Crippen LogP contribution in [0.25, 0.3) is 5.13 Å². The second kappa shape index (κ2) is 5.96. The molecule has 0 atom stereocenters. The zero-order valence-electron chi connectivity index (χ0n) is 13.5. The summed E-state index contributed by atoms with van der Waals surface area (Å²) in [7, 11) is 0. The number of aryl methyl sites for hydroxylation is 4. The summed E-state index contributed by atoms with van der Waals surface area (Å²) in [5.74, 6) is -0.140. The van der Waals surface area contributed by atoms with Crippen LogP contribution in [0.3, 0.4) is 0 Å². The summed E-state index contributed by atoms with van der Waals surface area (Å²) < 4.78 is 1.77. The van der Waals surface area contributed by atoms with Gasteiger partial charge in [-0.15, -0.1) is 0 Å². The highest BCUT2D eigenvalue weighted by Gasteiger charge is 2.18. The van der Waals surface area contributed by atoms with Crippen LogP contribution >= 0.6 is 11.3 Å². The standard InChI is InChI=1S/C17H18N4OS/c1-10-6-5-7-14(8-10)19-16(22)15-13(4)18-17(23-15)21-12(3)9-11(2)20-21/h5-9H,1-4H3,(H,19,22). The average Bonchev–Trinajstić information content (AvgIpc) is 3.01. The molecule has 0 radical (unpaired) electrons. The predicted molar refractivity (Wildman–Crippen MR) is 92.6 cm³/mol. The molecule has 0 bridgehead atoms. The van der Waals surface area contributed by atoms with Crippen molar-refractivity contribution in [3.63, 3.8) is 0 Å². The molecule has 2 heterocycles. The van der Waals surface area contributed by atoms with E-state index < -0.39 is 0 Å². The molecule has 2 aromatic heterocycles. The van der Waals surface area contributed by atoms with Crippen molar-refractivity contribution in [2.75, 3.05) is 5.32 Å². The van der Waals surface area contributed by atoms with Gasteiger partial charge in [-0.1, -0.05) is 23.5 Å². The molecule has 5 nitrogen and oxygen atoms in total. The molecule has 0 aliphatic carbocycles. The number of benzene rings is 1. The second-order valence-corrected chi connectivity index (χ2v) is 6.55. The molecule has 1 aromatic carbocycles. The van der Waals surface area contributed by atoms with Gasteiger partial charge in [-0.3, -0.25) is 4.79 Å². The Hall–Kier alpha value is -2.47. The summed E-state index contributed by atoms with van der Waals surface area (Å²) in [5.41, 5.74) is 4.54. The third-order valence-corrected chi connectivity index (χ3v) is 4.59. The molecule has 6 heteroatoms. The lowest BCUT2D eigenvalue weighted by Crippen LogP contribution is -2.11. The Balaban J connectivity index is 1.89. The van der Waals surface area contributed by atoms with Gasteiger partial charge in [-0.25, -0.2) is 9.67 Å². The number of hydrogen-bond acceptors (Lipinski definition) is 4. The number of thiazole rings is 1. The van der Waals surface area contributed by atoms with E-state index in [0.29, 0.717) is 15.7 Å². The van der Waals surface area contributed by atoms with Crippen LogP contribution in [-0.2, 0) is 0 Å². The molecule has 0 saturated carbocycles. The monoisotopic (exact) mass is 326 g/mol. The number of nitrogens with zero attached hydrogens (tertiary/aromatic N) is 3. The minimum absolute atomic E-state index is 0.140. The van der Waals surface area contributed by atoms with E-state index in [1.54, 1.807) is 4.68 Å². The van der Waals surface area contributed by atoms with Crippen molar-refractivity contribution in [1.82, 2.24) is 14.8 Å². The van der Waals surface area contributed by atoms with Crippen molar-refractivity contribution in [3.05, 3.63) is 57.9 Å². The largest absolute Gasteiger partial charge is 0.321 e. The number of carbonyl (C=O) groups excluding carboxylic acids is 1. The second-order valence-electron chi connectivity index (χ2n) is 5.57. The van der Waals surface area contributed by atoms with Crippen molar-refractivity contribution in [2.45, 2.75) is 27.7 Å². The number of hydrogen-bond donors (Lipinski definition) is 1. The lowest BCUT2D eigenvalue weighted by molar-refractivity contribution is 0.103. The molecular formula is C17H18N4OS. The predicted octanol–water partition coefficient (Wildman–Crippen LogP) is 3.81. The molecule has 0 aliphatic heterocycles. The van der Waals surface area contributed by atoms with Gasteiger partial charge in [0.25, 0.3) is 5.91 Å². The number of rotatable bonds is 3. The van der Waals surface area contributed by atoms with Crippen LogP contribution in [0.2, 0.25) is 0 Å². The molecule has 1 amide bonds. The van der Waals surface area contributed by atoms with Gasteiger partial charge in [0.15, 0.2) is 0 Å². The van der Waals surface area contributed by atoms with Crippen molar-refractivity contribution in [2.24, 2.45) is 0 Å². The quantitative estimate of drug-likeness (QED) is 0.796. The van der Waals surface area contributed by atoms with E-state index >= 15 is 0 Å². The maximum absolute atomic E-state index is 12.5. The fourth-order valence-corrected chi connectivity index (χ4v) is 3.39. The normalized spacial score (nSPS) is 10.8. The molecule has 0 saturated heterocycles. The highest BCUT2D eigenvalue weighted by Crippen LogP contribution is 2.24. The van der Waals surface area contributed by atoms with Gasteiger partial charge in [0.05, 0.1) is 11.4 Å². The highest BCUT2D eigenvalue weighted by molar-refractivity contribution is 7.16. The van der Waals surface area contributed by atoms with Gasteiger partial charge in [-0.2, -0.15) is 5.10 Å². The summed E-state index contributed by atoms with van der Waals surface area (Å²) in [5, 5.41) is 8.06. The van der Waals surface area contributed by atoms with Gasteiger partial charge < -0.3 is 5.32 Å². The van der Waals surface area contributed by atoms with Crippen molar-refractivity contribution >= 4 is 22.9 Å². The third-order valence-electron chi connectivity index (χ3n) is 3.46. The summed E-state index contributed by atoms with van der Waals surface area (Å²) in [6, 6.07) is 9.73. The molecule has 0 spiro atoms. The molecule has 0 fully saturated rings. The first-order valence-corrected chi connectivity index (χ1v) is 8.15. The lowest BCUT2D eigenvalue weighted by Gasteiger charge is -2.04. The van der Waals surface area contributed by atoms with Crippen LogP contribution < -0.4 is 5.32 Å². The number of amides is 1. The maximum atomic E-state index is 12.5. The van der Waals surface area contributed by atoms with Crippen LogP contribution in [0.4, 0.5) is 5.69 Å². The SMILES string of the molecule is Cc1cccc(NC(=O)c2sc(-n3nc(C)cc3C)nc2C)c1. The van der Waals surface area contributed by atoms with E-state index in [-0.39, 0.29) is 5.91 Å². The van der Waals surface area contributed by atoms with Crippen molar-refractivity contribution in [1.29, 1.82) is 0 Å². The molecule has 0 unspecified atom stereocenters. The Labute approximate surface area is 139 Å². The fourth-order valence-electron chi connectivity index (χ4n) is 2.42. The first-order chi connectivity index (χ1) is 10.9. The van der Waals surface area contributed by atoms with Crippen LogP contribution in [-0.4, -0.2) is 20.7 Å². The number of aromatic nitrogens is 3. The van der Waals surface area contributed by atoms with Crippen molar-refractivity contribution in [3.8, 4) is 5.13 Å². The molecule has 23 heavy (non-hydrogen) atoms. The third kappa shape index (κ3) is 3.17. The summed E-state index contributed by atoms with van der Waals surface area (Å²) in [4.78, 5) is 17.6. The first-order valence-electron chi connectivity index (χ1n) is 7.33. The minimum Gasteiger partial charge on any atom is -0.321 e. The van der Waals surface area contributed by atoms with E-state index in [2.05, 4.69) is 15.4 Å². The Morgan fingerprint density at radius 2 is 1.96 bits per heavy atom.